The van der Waals surface area contributed by atoms with Gasteiger partial charge in [0.2, 0.25) is 0 Å². The Labute approximate surface area is 117 Å². The molecule has 4 heteroatoms. The number of ether oxygens (including phenoxy) is 1. The van der Waals surface area contributed by atoms with E-state index in [0.717, 1.165) is 0 Å². The Morgan fingerprint density at radius 3 is 2.42 bits per heavy atom. The van der Waals surface area contributed by atoms with Gasteiger partial charge in [0.25, 0.3) is 0 Å². The van der Waals surface area contributed by atoms with Gasteiger partial charge in [0, 0.05) is 18.6 Å². The summed E-state index contributed by atoms with van der Waals surface area (Å²) in [6.45, 7) is 11.6. The molecule has 0 aromatic rings. The molecule has 4 nitrogen and oxygen atoms in total. The lowest BCUT2D eigenvalue weighted by Gasteiger charge is -2.36. The van der Waals surface area contributed by atoms with Crippen LogP contribution in [0, 0.1) is 5.92 Å². The highest BCUT2D eigenvalue weighted by Crippen LogP contribution is 2.24. The van der Waals surface area contributed by atoms with E-state index in [1.54, 1.807) is 0 Å². The predicted octanol–water partition coefficient (Wildman–Crippen LogP) is 2.04. The van der Waals surface area contributed by atoms with E-state index in [1.165, 1.54) is 12.8 Å². The second kappa shape index (κ2) is 6.71. The maximum Gasteiger partial charge on any atom is 0.327 e. The van der Waals surface area contributed by atoms with Crippen LogP contribution in [0.1, 0.15) is 47.5 Å². The maximum absolute atomic E-state index is 12.2. The number of carbonyl (C=O) groups excluding carboxylic acids is 1. The van der Waals surface area contributed by atoms with Crippen LogP contribution >= 0.6 is 0 Å². The molecule has 1 aliphatic rings. The van der Waals surface area contributed by atoms with Crippen molar-refractivity contribution in [2.24, 2.45) is 5.92 Å². The second-order valence-corrected chi connectivity index (χ2v) is 6.37. The van der Waals surface area contributed by atoms with Crippen LogP contribution in [0.3, 0.4) is 0 Å². The number of likely N-dealkylation sites (N-methyl/N-ethyl adjacent to an activating group) is 1. The molecule has 0 spiro atoms. The average Bonchev–Trinajstić information content (AvgIpc) is 3.11. The molecular weight excluding hydrogens is 240 g/mol. The fourth-order valence-corrected chi connectivity index (χ4v) is 2.29. The summed E-state index contributed by atoms with van der Waals surface area (Å²) in [6, 6.07) is 0.923. The molecule has 0 radical (unpaired) electrons. The number of esters is 1. The normalized spacial score (nSPS) is 20.4. The summed E-state index contributed by atoms with van der Waals surface area (Å²) >= 11 is 0. The van der Waals surface area contributed by atoms with Gasteiger partial charge in [-0.05, 0) is 46.6 Å². The zero-order valence-electron chi connectivity index (χ0n) is 13.3. The summed E-state index contributed by atoms with van der Waals surface area (Å²) in [4.78, 5) is 14.5. The first-order chi connectivity index (χ1) is 8.80. The maximum atomic E-state index is 12.2. The largest absolute Gasteiger partial charge is 0.465 e. The molecule has 0 heterocycles. The molecule has 0 aromatic heterocycles. The van der Waals surface area contributed by atoms with Gasteiger partial charge in [0.1, 0.15) is 5.54 Å². The molecular formula is C15H30N2O2. The topological polar surface area (TPSA) is 41.6 Å². The van der Waals surface area contributed by atoms with E-state index in [-0.39, 0.29) is 5.97 Å². The smallest absolute Gasteiger partial charge is 0.327 e. The van der Waals surface area contributed by atoms with Crippen LogP contribution in [0.15, 0.2) is 0 Å². The molecule has 1 N–H and O–H groups in total. The van der Waals surface area contributed by atoms with E-state index in [9.17, 15) is 4.79 Å². The van der Waals surface area contributed by atoms with E-state index in [1.807, 2.05) is 13.8 Å². The number of carbonyl (C=O) groups is 1. The Hall–Kier alpha value is -0.610. The van der Waals surface area contributed by atoms with Crippen LogP contribution in [0.25, 0.3) is 0 Å². The van der Waals surface area contributed by atoms with Crippen molar-refractivity contribution in [1.82, 2.24) is 10.2 Å². The van der Waals surface area contributed by atoms with Crippen molar-refractivity contribution in [2.75, 3.05) is 20.2 Å². The minimum Gasteiger partial charge on any atom is -0.465 e. The molecule has 0 aliphatic heterocycles. The summed E-state index contributed by atoms with van der Waals surface area (Å²) in [5.41, 5.74) is -0.602. The average molecular weight is 270 g/mol. The third kappa shape index (κ3) is 4.77. The molecule has 1 fully saturated rings. The molecule has 0 amide bonds. The SMILES string of the molecule is CCOC(=O)C(C)(CN(C)C(C)C(C)C)NC1CC1. The van der Waals surface area contributed by atoms with Crippen LogP contribution in [-0.2, 0) is 9.53 Å². The fraction of sp³-hybridized carbons (Fsp3) is 0.933. The lowest BCUT2D eigenvalue weighted by Crippen LogP contribution is -2.59. The van der Waals surface area contributed by atoms with Gasteiger partial charge in [0.15, 0.2) is 0 Å². The molecule has 2 atom stereocenters. The first kappa shape index (κ1) is 16.4. The van der Waals surface area contributed by atoms with Crippen LogP contribution < -0.4 is 5.32 Å². The van der Waals surface area contributed by atoms with E-state index >= 15 is 0 Å². The predicted molar refractivity (Wildman–Crippen MR) is 78.1 cm³/mol. The minimum atomic E-state index is -0.602. The van der Waals surface area contributed by atoms with Crippen molar-refractivity contribution in [1.29, 1.82) is 0 Å². The number of rotatable bonds is 8. The van der Waals surface area contributed by atoms with Crippen molar-refractivity contribution in [3.63, 3.8) is 0 Å². The molecule has 19 heavy (non-hydrogen) atoms. The Morgan fingerprint density at radius 1 is 1.42 bits per heavy atom. The summed E-state index contributed by atoms with van der Waals surface area (Å²) in [5, 5.41) is 3.46. The lowest BCUT2D eigenvalue weighted by molar-refractivity contribution is -0.151. The van der Waals surface area contributed by atoms with Gasteiger partial charge < -0.3 is 9.64 Å². The van der Waals surface area contributed by atoms with E-state index in [4.69, 9.17) is 4.74 Å². The zero-order chi connectivity index (χ0) is 14.6. The number of nitrogens with one attached hydrogen (secondary N) is 1. The molecule has 0 aromatic carbocycles. The first-order valence-corrected chi connectivity index (χ1v) is 7.45. The zero-order valence-corrected chi connectivity index (χ0v) is 13.3. The molecule has 2 unspecified atom stereocenters. The van der Waals surface area contributed by atoms with E-state index in [0.29, 0.717) is 31.2 Å². The number of hydrogen-bond donors (Lipinski definition) is 1. The highest BCUT2D eigenvalue weighted by Gasteiger charge is 2.41. The highest BCUT2D eigenvalue weighted by atomic mass is 16.5. The fourth-order valence-electron chi connectivity index (χ4n) is 2.29. The van der Waals surface area contributed by atoms with E-state index in [2.05, 4.69) is 38.0 Å². The highest BCUT2D eigenvalue weighted by molar-refractivity contribution is 5.80. The Kier molecular flexibility index (Phi) is 5.81. The molecule has 112 valence electrons. The van der Waals surface area contributed by atoms with Crippen molar-refractivity contribution in [3.05, 3.63) is 0 Å². The summed E-state index contributed by atoms with van der Waals surface area (Å²) in [7, 11) is 2.08. The third-order valence-electron chi connectivity index (χ3n) is 4.05. The molecule has 0 bridgehead atoms. The van der Waals surface area contributed by atoms with Gasteiger partial charge in [-0.1, -0.05) is 13.8 Å². The van der Waals surface area contributed by atoms with Crippen LogP contribution in [-0.4, -0.2) is 48.7 Å². The minimum absolute atomic E-state index is 0.135. The van der Waals surface area contributed by atoms with Gasteiger partial charge in [-0.3, -0.25) is 10.1 Å². The van der Waals surface area contributed by atoms with Crippen LogP contribution in [0.5, 0.6) is 0 Å². The number of hydrogen-bond acceptors (Lipinski definition) is 4. The number of nitrogens with zero attached hydrogens (tertiary/aromatic N) is 1. The molecule has 1 saturated carbocycles. The van der Waals surface area contributed by atoms with Crippen molar-refractivity contribution in [2.45, 2.75) is 65.1 Å². The standard InChI is InChI=1S/C15H30N2O2/c1-7-19-14(18)15(5,16-13-8-9-13)10-17(6)12(4)11(2)3/h11-13,16H,7-10H2,1-6H3. The Bertz CT molecular complexity index is 303. The second-order valence-electron chi connectivity index (χ2n) is 6.37. The van der Waals surface area contributed by atoms with Gasteiger partial charge in [0.05, 0.1) is 6.61 Å². The monoisotopic (exact) mass is 270 g/mol. The lowest BCUT2D eigenvalue weighted by atomic mass is 9.98. The van der Waals surface area contributed by atoms with Crippen LogP contribution in [0.4, 0.5) is 0 Å². The van der Waals surface area contributed by atoms with Crippen molar-refractivity contribution < 1.29 is 9.53 Å². The van der Waals surface area contributed by atoms with Crippen LogP contribution in [0.2, 0.25) is 0 Å². The van der Waals surface area contributed by atoms with Gasteiger partial charge in [-0.2, -0.15) is 0 Å². The van der Waals surface area contributed by atoms with Crippen molar-refractivity contribution in [3.8, 4) is 0 Å². The Balaban J connectivity index is 2.69. The summed E-state index contributed by atoms with van der Waals surface area (Å²) in [5.74, 6) is 0.432. The summed E-state index contributed by atoms with van der Waals surface area (Å²) < 4.78 is 5.25. The molecule has 1 rings (SSSR count). The summed E-state index contributed by atoms with van der Waals surface area (Å²) in [6.07, 6.45) is 2.33. The van der Waals surface area contributed by atoms with Gasteiger partial charge >= 0.3 is 5.97 Å². The van der Waals surface area contributed by atoms with Gasteiger partial charge in [-0.15, -0.1) is 0 Å². The van der Waals surface area contributed by atoms with Crippen molar-refractivity contribution >= 4 is 5.97 Å². The van der Waals surface area contributed by atoms with E-state index < -0.39 is 5.54 Å². The Morgan fingerprint density at radius 2 is 2.00 bits per heavy atom. The quantitative estimate of drug-likeness (QED) is 0.685. The van der Waals surface area contributed by atoms with Gasteiger partial charge in [-0.25, -0.2) is 0 Å². The molecule has 1 aliphatic carbocycles. The molecule has 0 saturated heterocycles. The third-order valence-corrected chi connectivity index (χ3v) is 4.05. The first-order valence-electron chi connectivity index (χ1n) is 7.45.